The summed E-state index contributed by atoms with van der Waals surface area (Å²) in [5.74, 6) is -0.289. The van der Waals surface area contributed by atoms with Crippen LogP contribution in [0.5, 0.6) is 5.75 Å². The van der Waals surface area contributed by atoms with Crippen molar-refractivity contribution >= 4 is 34.6 Å². The third kappa shape index (κ3) is 5.98. The van der Waals surface area contributed by atoms with Gasteiger partial charge in [-0.15, -0.1) is 0 Å². The molecule has 5 rings (SSSR count). The number of amides is 2. The first-order valence-electron chi connectivity index (χ1n) is 13.4. The van der Waals surface area contributed by atoms with Gasteiger partial charge in [0.2, 0.25) is 0 Å². The number of nitrogens with two attached hydrogens (primary N) is 1. The molecule has 40 heavy (non-hydrogen) atoms. The van der Waals surface area contributed by atoms with E-state index in [0.717, 1.165) is 48.2 Å². The number of phenols is 1. The van der Waals surface area contributed by atoms with E-state index in [4.69, 9.17) is 0 Å². The molecule has 0 aromatic heterocycles. The van der Waals surface area contributed by atoms with Crippen LogP contribution < -0.4 is 20.6 Å². The molecule has 0 saturated carbocycles. The van der Waals surface area contributed by atoms with Crippen LogP contribution in [-0.2, 0) is 0 Å². The van der Waals surface area contributed by atoms with Crippen LogP contribution in [0.1, 0.15) is 40.0 Å². The van der Waals surface area contributed by atoms with Gasteiger partial charge in [0, 0.05) is 49.1 Å². The standard InChI is InChI=1S/C32H32N4O4/c1-35(27-14-12-26(34-40)13-15-27)32(39)25-11-18-30(36-19-3-2-4-20-36)29(21-25)33-31(38)24-7-5-22(6-8-24)23-9-16-28(37)17-10-23/h5-18,21,37H,2-4,19-20,34H2,1H3,(H,33,38). The highest BCUT2D eigenvalue weighted by atomic mass is 16.5. The monoisotopic (exact) mass is 536 g/mol. The number of rotatable bonds is 7. The summed E-state index contributed by atoms with van der Waals surface area (Å²) in [5.41, 5.74) is 6.26. The van der Waals surface area contributed by atoms with Gasteiger partial charge in [0.15, 0.2) is 0 Å². The van der Waals surface area contributed by atoms with E-state index in [1.807, 2.05) is 30.3 Å². The molecule has 1 heterocycles. The number of nitrogens with one attached hydrogen (secondary N) is 1. The molecule has 0 bridgehead atoms. The van der Waals surface area contributed by atoms with Crippen molar-refractivity contribution in [2.75, 3.05) is 35.3 Å². The number of aromatic hydroxyl groups is 1. The van der Waals surface area contributed by atoms with Crippen LogP contribution in [0, 0.1) is 5.21 Å². The lowest BCUT2D eigenvalue weighted by atomic mass is 10.0. The number of anilines is 3. The molecule has 1 saturated heterocycles. The Morgan fingerprint density at radius 1 is 0.825 bits per heavy atom. The number of nitrogens with zero attached hydrogens (tertiary/aromatic N) is 2. The van der Waals surface area contributed by atoms with Crippen LogP contribution >= 0.6 is 0 Å². The first-order chi connectivity index (χ1) is 19.4. The normalized spacial score (nSPS) is 13.1. The molecule has 1 fully saturated rings. The number of hydrogen-bond acceptors (Lipinski definition) is 5. The second-order valence-electron chi connectivity index (χ2n) is 9.93. The Hall–Kier alpha value is -4.66. The molecule has 0 spiro atoms. The molecule has 8 nitrogen and oxygen atoms in total. The van der Waals surface area contributed by atoms with E-state index in [1.165, 1.54) is 11.3 Å². The van der Waals surface area contributed by atoms with Crippen LogP contribution in [0.4, 0.5) is 22.7 Å². The van der Waals surface area contributed by atoms with Crippen molar-refractivity contribution in [2.45, 2.75) is 19.3 Å². The van der Waals surface area contributed by atoms with E-state index >= 15 is 0 Å². The van der Waals surface area contributed by atoms with E-state index in [-0.39, 0.29) is 17.6 Å². The average Bonchev–Trinajstić information content (AvgIpc) is 3.01. The van der Waals surface area contributed by atoms with Crippen LogP contribution in [0.3, 0.4) is 0 Å². The zero-order chi connectivity index (χ0) is 28.1. The van der Waals surface area contributed by atoms with Gasteiger partial charge in [-0.3, -0.25) is 9.59 Å². The van der Waals surface area contributed by atoms with Crippen molar-refractivity contribution in [3.05, 3.63) is 107 Å². The summed E-state index contributed by atoms with van der Waals surface area (Å²) in [6, 6.07) is 26.4. The van der Waals surface area contributed by atoms with Crippen molar-refractivity contribution in [1.82, 2.24) is 0 Å². The molecule has 2 amide bonds. The summed E-state index contributed by atoms with van der Waals surface area (Å²) >= 11 is 0. The molecule has 1 aliphatic heterocycles. The molecular formula is C32H32N4O4. The van der Waals surface area contributed by atoms with E-state index in [1.54, 1.807) is 67.7 Å². The second kappa shape index (κ2) is 12.0. The lowest BCUT2D eigenvalue weighted by Crippen LogP contribution is -2.70. The van der Waals surface area contributed by atoms with Crippen molar-refractivity contribution in [3.8, 4) is 16.9 Å². The van der Waals surface area contributed by atoms with Gasteiger partial charge in [-0.1, -0.05) is 24.3 Å². The van der Waals surface area contributed by atoms with E-state index < -0.39 is 0 Å². The Bertz CT molecular complexity index is 1480. The zero-order valence-electron chi connectivity index (χ0n) is 22.3. The van der Waals surface area contributed by atoms with Gasteiger partial charge in [-0.05, 0) is 85.0 Å². The first-order valence-corrected chi connectivity index (χ1v) is 13.4. The highest BCUT2D eigenvalue weighted by Gasteiger charge is 2.21. The van der Waals surface area contributed by atoms with Crippen molar-refractivity contribution < 1.29 is 20.2 Å². The molecule has 0 unspecified atom stereocenters. The predicted molar refractivity (Wildman–Crippen MR) is 158 cm³/mol. The van der Waals surface area contributed by atoms with Crippen LogP contribution in [0.2, 0.25) is 0 Å². The number of piperidine rings is 1. The first kappa shape index (κ1) is 26.9. The molecule has 8 heteroatoms. The minimum absolute atomic E-state index is 0.201. The maximum atomic E-state index is 13.4. The van der Waals surface area contributed by atoms with Gasteiger partial charge in [-0.2, -0.15) is 0 Å². The van der Waals surface area contributed by atoms with Gasteiger partial charge >= 0.3 is 0 Å². The minimum Gasteiger partial charge on any atom is -0.630 e. The number of phenolic OH excluding ortho intramolecular Hbond substituents is 1. The molecule has 0 atom stereocenters. The Balaban J connectivity index is 1.40. The lowest BCUT2D eigenvalue weighted by molar-refractivity contribution is -0.497. The smallest absolute Gasteiger partial charge is 0.258 e. The Kier molecular flexibility index (Phi) is 8.10. The summed E-state index contributed by atoms with van der Waals surface area (Å²) in [6.45, 7) is 1.78. The molecule has 204 valence electrons. The fraction of sp³-hybridized carbons (Fsp3) is 0.188. The molecular weight excluding hydrogens is 504 g/mol. The number of hydrogen-bond donors (Lipinski definition) is 3. The number of carbonyl (C=O) groups excluding carboxylic acids is 2. The van der Waals surface area contributed by atoms with Gasteiger partial charge < -0.3 is 30.9 Å². The SMILES string of the molecule is CN(C(=O)c1ccc(N2CCCCC2)c(NC(=O)c2ccc(-c3ccc(O)cc3)cc2)c1)c1ccc([NH2+][O-])cc1. The zero-order valence-corrected chi connectivity index (χ0v) is 22.3. The average molecular weight is 537 g/mol. The Labute approximate surface area is 233 Å². The molecule has 0 radical (unpaired) electrons. The summed E-state index contributed by atoms with van der Waals surface area (Å²) < 4.78 is 0. The topological polar surface area (TPSA) is 113 Å². The van der Waals surface area contributed by atoms with E-state index in [9.17, 15) is 19.9 Å². The summed E-state index contributed by atoms with van der Waals surface area (Å²) in [5, 5.41) is 23.6. The summed E-state index contributed by atoms with van der Waals surface area (Å²) in [7, 11) is 1.69. The third-order valence-corrected chi connectivity index (χ3v) is 7.26. The van der Waals surface area contributed by atoms with Gasteiger partial charge in [0.05, 0.1) is 11.4 Å². The largest absolute Gasteiger partial charge is 0.630 e. The van der Waals surface area contributed by atoms with Crippen LogP contribution in [0.25, 0.3) is 11.1 Å². The maximum Gasteiger partial charge on any atom is 0.258 e. The molecule has 1 aliphatic rings. The maximum absolute atomic E-state index is 13.4. The van der Waals surface area contributed by atoms with Crippen molar-refractivity contribution in [2.24, 2.45) is 0 Å². The number of quaternary nitrogens is 1. The van der Waals surface area contributed by atoms with Gasteiger partial charge in [0.25, 0.3) is 11.8 Å². The second-order valence-corrected chi connectivity index (χ2v) is 9.93. The quantitative estimate of drug-likeness (QED) is 0.220. The van der Waals surface area contributed by atoms with Crippen molar-refractivity contribution in [1.29, 1.82) is 0 Å². The van der Waals surface area contributed by atoms with Crippen LogP contribution in [0.15, 0.2) is 91.0 Å². The molecule has 4 N–H and O–H groups in total. The van der Waals surface area contributed by atoms with Gasteiger partial charge in [-0.25, -0.2) is 0 Å². The Morgan fingerprint density at radius 3 is 2.05 bits per heavy atom. The van der Waals surface area contributed by atoms with Crippen LogP contribution in [-0.4, -0.2) is 37.1 Å². The molecule has 4 aromatic carbocycles. The minimum atomic E-state index is -0.266. The summed E-state index contributed by atoms with van der Waals surface area (Å²) in [6.07, 6.45) is 3.33. The third-order valence-electron chi connectivity index (χ3n) is 7.26. The Morgan fingerprint density at radius 2 is 1.43 bits per heavy atom. The van der Waals surface area contributed by atoms with E-state index in [2.05, 4.69) is 10.2 Å². The van der Waals surface area contributed by atoms with Crippen molar-refractivity contribution in [3.63, 3.8) is 0 Å². The lowest BCUT2D eigenvalue weighted by Gasteiger charge is -2.31. The highest BCUT2D eigenvalue weighted by molar-refractivity contribution is 6.10. The molecule has 4 aromatic rings. The summed E-state index contributed by atoms with van der Waals surface area (Å²) in [4.78, 5) is 30.5. The number of benzene rings is 4. The fourth-order valence-corrected chi connectivity index (χ4v) is 4.93. The van der Waals surface area contributed by atoms with Gasteiger partial charge in [0.1, 0.15) is 11.4 Å². The molecule has 0 aliphatic carbocycles. The highest BCUT2D eigenvalue weighted by Crippen LogP contribution is 2.31. The van der Waals surface area contributed by atoms with E-state index in [0.29, 0.717) is 28.2 Å². The number of carbonyl (C=O) groups is 2. The predicted octanol–water partition coefficient (Wildman–Crippen LogP) is 5.27. The fourth-order valence-electron chi connectivity index (χ4n) is 4.93.